The number of hydrogen-bond donors (Lipinski definition) is 0. The van der Waals surface area contributed by atoms with E-state index in [9.17, 15) is 4.79 Å². The van der Waals surface area contributed by atoms with Gasteiger partial charge in [0.25, 0.3) is 0 Å². The Morgan fingerprint density at radius 3 is 2.64 bits per heavy atom. The number of nitrogens with zero attached hydrogens (tertiary/aromatic N) is 3. The summed E-state index contributed by atoms with van der Waals surface area (Å²) in [5, 5.41) is 4.39. The molecule has 1 fully saturated rings. The van der Waals surface area contributed by atoms with Crippen molar-refractivity contribution in [1.82, 2.24) is 14.7 Å². The lowest BCUT2D eigenvalue weighted by atomic mass is 9.76. The van der Waals surface area contributed by atoms with Crippen LogP contribution in [0.2, 0.25) is 0 Å². The van der Waals surface area contributed by atoms with Crippen LogP contribution in [0.15, 0.2) is 42.6 Å². The summed E-state index contributed by atoms with van der Waals surface area (Å²) in [7, 11) is 0. The summed E-state index contributed by atoms with van der Waals surface area (Å²) in [6.07, 6.45) is 3.52. The summed E-state index contributed by atoms with van der Waals surface area (Å²) in [6.45, 7) is 6.51. The largest absolute Gasteiger partial charge is 0.340 e. The highest BCUT2D eigenvalue weighted by Crippen LogP contribution is 2.33. The summed E-state index contributed by atoms with van der Waals surface area (Å²) >= 11 is 0. The van der Waals surface area contributed by atoms with Gasteiger partial charge in [0.15, 0.2) is 0 Å². The number of likely N-dealkylation sites (tertiary alicyclic amines) is 1. The second kappa shape index (κ2) is 5.95. The predicted molar refractivity (Wildman–Crippen MR) is 86.6 cm³/mol. The van der Waals surface area contributed by atoms with Gasteiger partial charge in [-0.3, -0.25) is 9.48 Å². The number of aromatic nitrogens is 2. The fraction of sp³-hybridized carbons (Fsp3) is 0.444. The molecular formula is C18H23N3O. The Labute approximate surface area is 131 Å². The molecule has 1 aromatic heterocycles. The van der Waals surface area contributed by atoms with E-state index in [4.69, 9.17) is 0 Å². The zero-order valence-electron chi connectivity index (χ0n) is 13.3. The fourth-order valence-electron chi connectivity index (χ4n) is 3.22. The normalized spacial score (nSPS) is 22.1. The Kier molecular flexibility index (Phi) is 4.01. The van der Waals surface area contributed by atoms with Gasteiger partial charge in [-0.05, 0) is 25.0 Å². The lowest BCUT2D eigenvalue weighted by Gasteiger charge is -2.40. The first-order chi connectivity index (χ1) is 10.6. The molecule has 4 nitrogen and oxygen atoms in total. The van der Waals surface area contributed by atoms with Gasteiger partial charge in [0.2, 0.25) is 5.91 Å². The van der Waals surface area contributed by atoms with Crippen molar-refractivity contribution in [3.63, 3.8) is 0 Å². The van der Waals surface area contributed by atoms with Crippen molar-refractivity contribution < 1.29 is 4.79 Å². The first-order valence-corrected chi connectivity index (χ1v) is 7.90. The molecule has 0 aliphatic carbocycles. The summed E-state index contributed by atoms with van der Waals surface area (Å²) in [5.41, 5.74) is 2.39. The maximum atomic E-state index is 12.2. The molecule has 116 valence electrons. The lowest BCUT2D eigenvalue weighted by molar-refractivity contribution is -0.135. The average molecular weight is 297 g/mol. The van der Waals surface area contributed by atoms with Gasteiger partial charge in [0, 0.05) is 31.1 Å². The van der Waals surface area contributed by atoms with E-state index in [-0.39, 0.29) is 11.3 Å². The van der Waals surface area contributed by atoms with Gasteiger partial charge in [-0.1, -0.05) is 37.3 Å². The fourth-order valence-corrected chi connectivity index (χ4v) is 3.22. The molecule has 3 rings (SSSR count). The molecule has 0 radical (unpaired) electrons. The van der Waals surface area contributed by atoms with Crippen molar-refractivity contribution in [3.05, 3.63) is 53.9 Å². The van der Waals surface area contributed by atoms with Crippen LogP contribution in [0.5, 0.6) is 0 Å². The molecule has 2 heterocycles. The van der Waals surface area contributed by atoms with Gasteiger partial charge in [0.1, 0.15) is 0 Å². The third-order valence-electron chi connectivity index (χ3n) is 4.63. The average Bonchev–Trinajstić information content (AvgIpc) is 2.95. The Balaban J connectivity index is 1.69. The number of carbonyl (C=O) groups is 1. The van der Waals surface area contributed by atoms with Crippen LogP contribution in [0.3, 0.4) is 0 Å². The quantitative estimate of drug-likeness (QED) is 0.870. The van der Waals surface area contributed by atoms with Crippen molar-refractivity contribution in [2.45, 2.75) is 38.6 Å². The molecule has 0 unspecified atom stereocenters. The highest BCUT2D eigenvalue weighted by atomic mass is 16.2. The van der Waals surface area contributed by atoms with E-state index >= 15 is 0 Å². The zero-order chi connectivity index (χ0) is 15.6. The monoisotopic (exact) mass is 297 g/mol. The molecule has 0 spiro atoms. The number of amides is 1. The molecule has 1 aromatic carbocycles. The molecule has 1 saturated heterocycles. The lowest BCUT2D eigenvalue weighted by Crippen LogP contribution is -2.48. The molecule has 0 N–H and O–H groups in total. The second-order valence-electron chi connectivity index (χ2n) is 6.46. The van der Waals surface area contributed by atoms with E-state index in [1.165, 1.54) is 5.56 Å². The van der Waals surface area contributed by atoms with Crippen molar-refractivity contribution in [2.75, 3.05) is 13.1 Å². The van der Waals surface area contributed by atoms with Crippen LogP contribution in [-0.4, -0.2) is 33.7 Å². The number of piperidine rings is 1. The molecule has 1 aliphatic heterocycles. The minimum absolute atomic E-state index is 0.0508. The Morgan fingerprint density at radius 1 is 1.18 bits per heavy atom. The standard InChI is InChI=1S/C18H23N3O/c1-15-9-11-21(19-15)13-12-20-14-18(2,10-8-17(20)22)16-6-4-3-5-7-16/h3-7,9,11H,8,10,12-14H2,1-2H3/t18-/m0/s1. The predicted octanol–water partition coefficient (Wildman–Crippen LogP) is 2.77. The van der Waals surface area contributed by atoms with Crippen molar-refractivity contribution >= 4 is 5.91 Å². The topological polar surface area (TPSA) is 38.1 Å². The summed E-state index contributed by atoms with van der Waals surface area (Å²) in [6, 6.07) is 12.5. The van der Waals surface area contributed by atoms with Gasteiger partial charge in [0.05, 0.1) is 12.2 Å². The summed E-state index contributed by atoms with van der Waals surface area (Å²) in [4.78, 5) is 14.2. The molecule has 2 aromatic rings. The third-order valence-corrected chi connectivity index (χ3v) is 4.63. The molecule has 0 bridgehead atoms. The number of aryl methyl sites for hydroxylation is 1. The number of benzene rings is 1. The van der Waals surface area contributed by atoms with Gasteiger partial charge in [-0.2, -0.15) is 5.10 Å². The van der Waals surface area contributed by atoms with E-state index in [1.54, 1.807) is 0 Å². The van der Waals surface area contributed by atoms with Gasteiger partial charge >= 0.3 is 0 Å². The van der Waals surface area contributed by atoms with Crippen LogP contribution >= 0.6 is 0 Å². The molecule has 1 atom stereocenters. The highest BCUT2D eigenvalue weighted by Gasteiger charge is 2.35. The van der Waals surface area contributed by atoms with E-state index in [0.29, 0.717) is 6.42 Å². The zero-order valence-corrected chi connectivity index (χ0v) is 13.3. The summed E-state index contributed by atoms with van der Waals surface area (Å²) < 4.78 is 1.91. The van der Waals surface area contributed by atoms with Crippen LogP contribution in [0.25, 0.3) is 0 Å². The van der Waals surface area contributed by atoms with Crippen LogP contribution in [0.1, 0.15) is 31.0 Å². The maximum absolute atomic E-state index is 12.2. The second-order valence-corrected chi connectivity index (χ2v) is 6.46. The number of rotatable bonds is 4. The van der Waals surface area contributed by atoms with Crippen molar-refractivity contribution in [3.8, 4) is 0 Å². The summed E-state index contributed by atoms with van der Waals surface area (Å²) in [5.74, 6) is 0.261. The minimum atomic E-state index is 0.0508. The van der Waals surface area contributed by atoms with Gasteiger partial charge in [-0.15, -0.1) is 0 Å². The third kappa shape index (κ3) is 3.06. The van der Waals surface area contributed by atoms with Gasteiger partial charge < -0.3 is 4.90 Å². The van der Waals surface area contributed by atoms with Crippen molar-refractivity contribution in [2.24, 2.45) is 0 Å². The first kappa shape index (κ1) is 14.8. The SMILES string of the molecule is Cc1ccn(CCN2C[C@@](C)(c3ccccc3)CCC2=O)n1. The van der Waals surface area contributed by atoms with Crippen LogP contribution in [-0.2, 0) is 16.8 Å². The molecular weight excluding hydrogens is 274 g/mol. The molecule has 4 heteroatoms. The van der Waals surface area contributed by atoms with Crippen LogP contribution in [0, 0.1) is 6.92 Å². The van der Waals surface area contributed by atoms with E-state index in [2.05, 4.69) is 36.3 Å². The number of carbonyl (C=O) groups excluding carboxylic acids is 1. The number of hydrogen-bond acceptors (Lipinski definition) is 2. The highest BCUT2D eigenvalue weighted by molar-refractivity contribution is 5.77. The van der Waals surface area contributed by atoms with Gasteiger partial charge in [-0.25, -0.2) is 0 Å². The smallest absolute Gasteiger partial charge is 0.222 e. The first-order valence-electron chi connectivity index (χ1n) is 7.90. The van der Waals surface area contributed by atoms with E-state index in [1.807, 2.05) is 34.8 Å². The molecule has 1 amide bonds. The maximum Gasteiger partial charge on any atom is 0.222 e. The molecule has 0 saturated carbocycles. The van der Waals surface area contributed by atoms with Crippen molar-refractivity contribution in [1.29, 1.82) is 0 Å². The molecule has 1 aliphatic rings. The van der Waals surface area contributed by atoms with Crippen LogP contribution in [0.4, 0.5) is 0 Å². The Hall–Kier alpha value is -2.10. The molecule has 22 heavy (non-hydrogen) atoms. The Morgan fingerprint density at radius 2 is 1.95 bits per heavy atom. The Bertz CT molecular complexity index is 649. The van der Waals surface area contributed by atoms with E-state index < -0.39 is 0 Å². The van der Waals surface area contributed by atoms with Crippen LogP contribution < -0.4 is 0 Å². The minimum Gasteiger partial charge on any atom is -0.340 e. The van der Waals surface area contributed by atoms with E-state index in [0.717, 1.165) is 31.7 Å².